The molecule has 5 saturated carbocycles. The standard InChI is InChI=1S/C26H37NO/c1-19(2)24-13-20-14-25(16-24,21-9-5-3-6-10-21)18-26(15-20,17-24)23(28)27-22-11-7-4-8-12-22/h3,5-6,9-10,19-20,22H,4,7-8,11-18H2,1-2H3,(H,27,28). The van der Waals surface area contributed by atoms with E-state index < -0.39 is 0 Å². The number of amides is 1. The van der Waals surface area contributed by atoms with Gasteiger partial charge in [0.15, 0.2) is 0 Å². The van der Waals surface area contributed by atoms with Crippen molar-refractivity contribution in [3.63, 3.8) is 0 Å². The summed E-state index contributed by atoms with van der Waals surface area (Å²) in [6.45, 7) is 4.83. The molecule has 2 nitrogen and oxygen atoms in total. The van der Waals surface area contributed by atoms with Crippen LogP contribution in [0.2, 0.25) is 0 Å². The van der Waals surface area contributed by atoms with Gasteiger partial charge in [-0.2, -0.15) is 0 Å². The Morgan fingerprint density at radius 3 is 2.43 bits per heavy atom. The fraction of sp³-hybridized carbons (Fsp3) is 0.731. The van der Waals surface area contributed by atoms with E-state index in [0.29, 0.717) is 23.3 Å². The first kappa shape index (κ1) is 18.7. The lowest BCUT2D eigenvalue weighted by Gasteiger charge is -2.67. The van der Waals surface area contributed by atoms with Crippen molar-refractivity contribution in [2.75, 3.05) is 0 Å². The zero-order chi connectivity index (χ0) is 19.4. The third-order valence-corrected chi connectivity index (χ3v) is 9.14. The number of hydrogen-bond donors (Lipinski definition) is 1. The highest BCUT2D eigenvalue weighted by molar-refractivity contribution is 5.84. The molecule has 0 heterocycles. The second-order valence-electron chi connectivity index (χ2n) is 11.3. The van der Waals surface area contributed by atoms with E-state index in [1.54, 1.807) is 0 Å². The van der Waals surface area contributed by atoms with Gasteiger partial charge in [-0.05, 0) is 79.6 Å². The van der Waals surface area contributed by atoms with E-state index >= 15 is 0 Å². The molecule has 152 valence electrons. The molecule has 0 aromatic heterocycles. The van der Waals surface area contributed by atoms with E-state index in [-0.39, 0.29) is 10.8 Å². The van der Waals surface area contributed by atoms with Crippen molar-refractivity contribution in [3.05, 3.63) is 35.9 Å². The first-order chi connectivity index (χ1) is 13.5. The van der Waals surface area contributed by atoms with E-state index in [1.807, 2.05) is 0 Å². The smallest absolute Gasteiger partial charge is 0.226 e. The maximum atomic E-state index is 13.8. The molecule has 28 heavy (non-hydrogen) atoms. The van der Waals surface area contributed by atoms with Crippen molar-refractivity contribution in [1.82, 2.24) is 5.32 Å². The first-order valence-electron chi connectivity index (χ1n) is 11.8. The van der Waals surface area contributed by atoms with Gasteiger partial charge in [-0.25, -0.2) is 0 Å². The maximum Gasteiger partial charge on any atom is 0.226 e. The van der Waals surface area contributed by atoms with Crippen molar-refractivity contribution < 1.29 is 4.79 Å². The van der Waals surface area contributed by atoms with Crippen LogP contribution in [0, 0.1) is 22.7 Å². The van der Waals surface area contributed by atoms with Crippen LogP contribution in [0.4, 0.5) is 0 Å². The highest BCUT2D eigenvalue weighted by atomic mass is 16.2. The van der Waals surface area contributed by atoms with Crippen molar-refractivity contribution in [3.8, 4) is 0 Å². The van der Waals surface area contributed by atoms with Crippen LogP contribution in [0.15, 0.2) is 30.3 Å². The van der Waals surface area contributed by atoms with Crippen LogP contribution in [0.25, 0.3) is 0 Å². The molecular weight excluding hydrogens is 342 g/mol. The monoisotopic (exact) mass is 379 g/mol. The van der Waals surface area contributed by atoms with Crippen LogP contribution in [0.3, 0.4) is 0 Å². The van der Waals surface area contributed by atoms with Crippen LogP contribution in [0.5, 0.6) is 0 Å². The average Bonchev–Trinajstić information content (AvgIpc) is 2.68. The summed E-state index contributed by atoms with van der Waals surface area (Å²) in [7, 11) is 0. The molecule has 1 N–H and O–H groups in total. The molecule has 6 rings (SSSR count). The normalized spacial score (nSPS) is 40.0. The third-order valence-electron chi connectivity index (χ3n) is 9.14. The molecule has 1 amide bonds. The Kier molecular flexibility index (Phi) is 4.41. The van der Waals surface area contributed by atoms with E-state index in [2.05, 4.69) is 49.5 Å². The van der Waals surface area contributed by atoms with Crippen molar-refractivity contribution in [2.45, 2.75) is 95.9 Å². The predicted octanol–water partition coefficient (Wildman–Crippen LogP) is 6.00. The van der Waals surface area contributed by atoms with Gasteiger partial charge >= 0.3 is 0 Å². The van der Waals surface area contributed by atoms with Gasteiger partial charge in [0.2, 0.25) is 5.91 Å². The summed E-state index contributed by atoms with van der Waals surface area (Å²) in [4.78, 5) is 13.8. The number of benzene rings is 1. The summed E-state index contributed by atoms with van der Waals surface area (Å²) >= 11 is 0. The number of carbonyl (C=O) groups excluding carboxylic acids is 1. The minimum absolute atomic E-state index is 0.128. The van der Waals surface area contributed by atoms with Crippen molar-refractivity contribution >= 4 is 5.91 Å². The SMILES string of the molecule is CC(C)C12CC3CC(C(=O)NC4CCCCC4)(CC(c4ccccc4)(C3)C1)C2. The Morgan fingerprint density at radius 1 is 0.964 bits per heavy atom. The van der Waals surface area contributed by atoms with Crippen LogP contribution in [-0.2, 0) is 10.2 Å². The first-order valence-corrected chi connectivity index (χ1v) is 11.8. The molecule has 1 aromatic rings. The number of rotatable bonds is 4. The zero-order valence-corrected chi connectivity index (χ0v) is 17.8. The van der Waals surface area contributed by atoms with Gasteiger partial charge in [0, 0.05) is 6.04 Å². The van der Waals surface area contributed by atoms with Crippen LogP contribution in [0.1, 0.15) is 90.0 Å². The van der Waals surface area contributed by atoms with Crippen molar-refractivity contribution in [2.24, 2.45) is 22.7 Å². The molecule has 4 atom stereocenters. The average molecular weight is 380 g/mol. The summed E-state index contributed by atoms with van der Waals surface area (Å²) in [5.74, 6) is 1.78. The summed E-state index contributed by atoms with van der Waals surface area (Å²) in [5, 5.41) is 3.56. The molecule has 0 aliphatic heterocycles. The topological polar surface area (TPSA) is 29.1 Å². The van der Waals surface area contributed by atoms with Gasteiger partial charge in [0.25, 0.3) is 0 Å². The van der Waals surface area contributed by atoms with Gasteiger partial charge in [-0.15, -0.1) is 0 Å². The molecule has 4 unspecified atom stereocenters. The lowest BCUT2D eigenvalue weighted by molar-refractivity contribution is -0.170. The highest BCUT2D eigenvalue weighted by Gasteiger charge is 2.66. The minimum atomic E-state index is -0.128. The summed E-state index contributed by atoms with van der Waals surface area (Å²) < 4.78 is 0. The lowest BCUT2D eigenvalue weighted by Crippen LogP contribution is -2.64. The van der Waals surface area contributed by atoms with Gasteiger partial charge in [0.05, 0.1) is 5.41 Å². The second-order valence-corrected chi connectivity index (χ2v) is 11.3. The molecule has 5 fully saturated rings. The maximum absolute atomic E-state index is 13.8. The lowest BCUT2D eigenvalue weighted by atomic mass is 9.36. The Bertz CT molecular complexity index is 736. The van der Waals surface area contributed by atoms with E-state index in [4.69, 9.17) is 0 Å². The van der Waals surface area contributed by atoms with Crippen LogP contribution >= 0.6 is 0 Å². The van der Waals surface area contributed by atoms with Crippen molar-refractivity contribution in [1.29, 1.82) is 0 Å². The Labute approximate surface area is 170 Å². The van der Waals surface area contributed by atoms with Gasteiger partial charge < -0.3 is 5.32 Å². The van der Waals surface area contributed by atoms with Gasteiger partial charge in [0.1, 0.15) is 0 Å². The molecule has 2 heteroatoms. The molecular formula is C26H37NO. The van der Waals surface area contributed by atoms with Crippen LogP contribution in [-0.4, -0.2) is 11.9 Å². The number of nitrogens with one attached hydrogen (secondary N) is 1. The number of carbonyl (C=O) groups is 1. The molecule has 1 aromatic carbocycles. The molecule has 4 bridgehead atoms. The Balaban J connectivity index is 1.51. The minimum Gasteiger partial charge on any atom is -0.353 e. The Morgan fingerprint density at radius 2 is 1.71 bits per heavy atom. The summed E-state index contributed by atoms with van der Waals surface area (Å²) in [6.07, 6.45) is 13.5. The van der Waals surface area contributed by atoms with Gasteiger partial charge in [-0.1, -0.05) is 63.4 Å². The predicted molar refractivity (Wildman–Crippen MR) is 114 cm³/mol. The highest BCUT2D eigenvalue weighted by Crippen LogP contribution is 2.71. The molecule has 5 aliphatic rings. The molecule has 0 saturated heterocycles. The second kappa shape index (κ2) is 6.61. The third kappa shape index (κ3) is 2.85. The van der Waals surface area contributed by atoms with E-state index in [0.717, 1.165) is 25.2 Å². The van der Waals surface area contributed by atoms with Gasteiger partial charge in [-0.3, -0.25) is 4.79 Å². The molecule has 5 aliphatic carbocycles. The van der Waals surface area contributed by atoms with E-state index in [9.17, 15) is 4.79 Å². The van der Waals surface area contributed by atoms with Crippen LogP contribution < -0.4 is 5.32 Å². The molecule has 0 spiro atoms. The number of hydrogen-bond acceptors (Lipinski definition) is 1. The fourth-order valence-corrected chi connectivity index (χ4v) is 8.11. The molecule has 0 radical (unpaired) electrons. The fourth-order valence-electron chi connectivity index (χ4n) is 8.11. The quantitative estimate of drug-likeness (QED) is 0.683. The summed E-state index contributed by atoms with van der Waals surface area (Å²) in [6, 6.07) is 11.6. The summed E-state index contributed by atoms with van der Waals surface area (Å²) in [5.41, 5.74) is 1.93. The Hall–Kier alpha value is -1.31. The van der Waals surface area contributed by atoms with E-state index in [1.165, 1.54) is 56.9 Å². The zero-order valence-electron chi connectivity index (χ0n) is 17.8. The largest absolute Gasteiger partial charge is 0.353 e.